The van der Waals surface area contributed by atoms with Crippen molar-refractivity contribution in [2.75, 3.05) is 25.5 Å². The molecule has 2 aromatic carbocycles. The minimum Gasteiger partial charge on any atom is -0.387 e. The van der Waals surface area contributed by atoms with Gasteiger partial charge in [-0.15, -0.1) is 0 Å². The van der Waals surface area contributed by atoms with Gasteiger partial charge in [-0.2, -0.15) is 0 Å². The number of benzene rings is 2. The number of rotatable bonds is 7. The van der Waals surface area contributed by atoms with Crippen molar-refractivity contribution < 1.29 is 14.3 Å². The number of anilines is 1. The number of para-hydroxylation sites is 1. The summed E-state index contributed by atoms with van der Waals surface area (Å²) in [5.74, 6) is -0.456. The second-order valence-electron chi connectivity index (χ2n) is 6.27. The van der Waals surface area contributed by atoms with Gasteiger partial charge in [-0.05, 0) is 55.3 Å². The number of nitrogens with zero attached hydrogens (tertiary/aromatic N) is 1. The van der Waals surface area contributed by atoms with Crippen LogP contribution in [0.1, 0.15) is 29.7 Å². The van der Waals surface area contributed by atoms with Gasteiger partial charge < -0.3 is 10.4 Å². The van der Waals surface area contributed by atoms with Crippen molar-refractivity contribution in [1.29, 1.82) is 0 Å². The SMILES string of the molecule is CCc1ccccc1NC(=O)CN(C)CC(O)c1ccc(F)cc1C. The van der Waals surface area contributed by atoms with Gasteiger partial charge in [0, 0.05) is 12.2 Å². The van der Waals surface area contributed by atoms with Crippen LogP contribution in [0.4, 0.5) is 10.1 Å². The highest BCUT2D eigenvalue weighted by atomic mass is 19.1. The summed E-state index contributed by atoms with van der Waals surface area (Å²) < 4.78 is 13.2. The molecule has 0 spiro atoms. The van der Waals surface area contributed by atoms with Crippen molar-refractivity contribution in [3.8, 4) is 0 Å². The lowest BCUT2D eigenvalue weighted by molar-refractivity contribution is -0.117. The molecule has 0 aliphatic rings. The van der Waals surface area contributed by atoms with Gasteiger partial charge in [0.05, 0.1) is 12.6 Å². The monoisotopic (exact) mass is 344 g/mol. The van der Waals surface area contributed by atoms with Crippen molar-refractivity contribution in [2.45, 2.75) is 26.4 Å². The molecule has 134 valence electrons. The van der Waals surface area contributed by atoms with Crippen LogP contribution < -0.4 is 5.32 Å². The summed E-state index contributed by atoms with van der Waals surface area (Å²) in [4.78, 5) is 14.0. The molecule has 0 aliphatic heterocycles. The van der Waals surface area contributed by atoms with Gasteiger partial charge in [-0.25, -0.2) is 4.39 Å². The molecule has 0 aromatic heterocycles. The van der Waals surface area contributed by atoms with Crippen LogP contribution >= 0.6 is 0 Å². The van der Waals surface area contributed by atoms with Gasteiger partial charge in [-0.3, -0.25) is 9.69 Å². The maximum atomic E-state index is 13.2. The third-order valence-corrected chi connectivity index (χ3v) is 4.16. The first-order chi connectivity index (χ1) is 11.9. The lowest BCUT2D eigenvalue weighted by Crippen LogP contribution is -2.33. The summed E-state index contributed by atoms with van der Waals surface area (Å²) in [6.07, 6.45) is 0.0656. The van der Waals surface area contributed by atoms with E-state index in [4.69, 9.17) is 0 Å². The number of halogens is 1. The minimum atomic E-state index is -0.777. The van der Waals surface area contributed by atoms with E-state index < -0.39 is 6.10 Å². The number of hydrogen-bond acceptors (Lipinski definition) is 3. The second-order valence-corrected chi connectivity index (χ2v) is 6.27. The minimum absolute atomic E-state index is 0.133. The molecule has 0 saturated heterocycles. The predicted octanol–water partition coefficient (Wildman–Crippen LogP) is 3.30. The average molecular weight is 344 g/mol. The normalized spacial score (nSPS) is 12.2. The Balaban J connectivity index is 1.92. The Morgan fingerprint density at radius 2 is 2.00 bits per heavy atom. The molecule has 0 aliphatic carbocycles. The molecule has 2 rings (SSSR count). The van der Waals surface area contributed by atoms with Gasteiger partial charge in [0.25, 0.3) is 0 Å². The number of amides is 1. The van der Waals surface area contributed by atoms with Crippen LogP contribution in [0.2, 0.25) is 0 Å². The van der Waals surface area contributed by atoms with E-state index in [0.717, 1.165) is 17.7 Å². The fourth-order valence-corrected chi connectivity index (χ4v) is 2.86. The molecule has 0 fully saturated rings. The Labute approximate surface area is 148 Å². The molecule has 2 aromatic rings. The number of aliphatic hydroxyl groups excluding tert-OH is 1. The van der Waals surface area contributed by atoms with Crippen molar-refractivity contribution in [3.63, 3.8) is 0 Å². The highest BCUT2D eigenvalue weighted by Crippen LogP contribution is 2.19. The van der Waals surface area contributed by atoms with Gasteiger partial charge in [-0.1, -0.05) is 31.2 Å². The zero-order chi connectivity index (χ0) is 18.4. The van der Waals surface area contributed by atoms with Crippen LogP contribution in [-0.4, -0.2) is 36.1 Å². The van der Waals surface area contributed by atoms with Gasteiger partial charge in [0.15, 0.2) is 0 Å². The summed E-state index contributed by atoms with van der Waals surface area (Å²) in [6, 6.07) is 12.0. The fraction of sp³-hybridized carbons (Fsp3) is 0.350. The molecule has 0 bridgehead atoms. The van der Waals surface area contributed by atoms with E-state index in [2.05, 4.69) is 5.32 Å². The lowest BCUT2D eigenvalue weighted by Gasteiger charge is -2.21. The van der Waals surface area contributed by atoms with Gasteiger partial charge >= 0.3 is 0 Å². The van der Waals surface area contributed by atoms with E-state index in [0.29, 0.717) is 11.1 Å². The van der Waals surface area contributed by atoms with Gasteiger partial charge in [0.2, 0.25) is 5.91 Å². The molecule has 2 N–H and O–H groups in total. The molecule has 0 heterocycles. The number of aryl methyl sites for hydroxylation is 2. The molecule has 0 saturated carbocycles. The van der Waals surface area contributed by atoms with E-state index >= 15 is 0 Å². The Morgan fingerprint density at radius 1 is 1.28 bits per heavy atom. The van der Waals surface area contributed by atoms with E-state index in [-0.39, 0.29) is 24.8 Å². The molecule has 25 heavy (non-hydrogen) atoms. The Bertz CT molecular complexity index is 733. The molecule has 1 unspecified atom stereocenters. The Kier molecular flexibility index (Phi) is 6.67. The van der Waals surface area contributed by atoms with Crippen molar-refractivity contribution in [3.05, 3.63) is 65.0 Å². The van der Waals surface area contributed by atoms with E-state index in [1.54, 1.807) is 24.9 Å². The number of carbonyl (C=O) groups is 1. The number of aliphatic hydroxyl groups is 1. The highest BCUT2D eigenvalue weighted by Gasteiger charge is 2.16. The smallest absolute Gasteiger partial charge is 0.238 e. The van der Waals surface area contributed by atoms with Crippen LogP contribution in [0.25, 0.3) is 0 Å². The molecule has 1 atom stereocenters. The first-order valence-electron chi connectivity index (χ1n) is 8.41. The van der Waals surface area contributed by atoms with E-state index in [9.17, 15) is 14.3 Å². The first-order valence-corrected chi connectivity index (χ1v) is 8.41. The largest absolute Gasteiger partial charge is 0.387 e. The first kappa shape index (κ1) is 19.1. The second kappa shape index (κ2) is 8.74. The number of nitrogens with one attached hydrogen (secondary N) is 1. The summed E-state index contributed by atoms with van der Waals surface area (Å²) in [5, 5.41) is 13.3. The van der Waals surface area contributed by atoms with Crippen LogP contribution in [0, 0.1) is 12.7 Å². The topological polar surface area (TPSA) is 52.6 Å². The third-order valence-electron chi connectivity index (χ3n) is 4.16. The molecular formula is C20H25FN2O2. The summed E-state index contributed by atoms with van der Waals surface area (Å²) in [7, 11) is 1.77. The van der Waals surface area contributed by atoms with Crippen molar-refractivity contribution in [2.24, 2.45) is 0 Å². The Hall–Kier alpha value is -2.24. The van der Waals surface area contributed by atoms with Crippen molar-refractivity contribution in [1.82, 2.24) is 4.90 Å². The summed E-state index contributed by atoms with van der Waals surface area (Å²) >= 11 is 0. The maximum absolute atomic E-state index is 13.2. The maximum Gasteiger partial charge on any atom is 0.238 e. The molecule has 5 heteroatoms. The Morgan fingerprint density at radius 3 is 2.68 bits per heavy atom. The van der Waals surface area contributed by atoms with Gasteiger partial charge in [0.1, 0.15) is 5.82 Å². The van der Waals surface area contributed by atoms with Crippen molar-refractivity contribution >= 4 is 11.6 Å². The summed E-state index contributed by atoms with van der Waals surface area (Å²) in [5.41, 5.74) is 3.27. The molecule has 0 radical (unpaired) electrons. The van der Waals surface area contributed by atoms with E-state index in [1.807, 2.05) is 31.2 Å². The number of likely N-dealkylation sites (N-methyl/N-ethyl adjacent to an activating group) is 1. The zero-order valence-corrected chi connectivity index (χ0v) is 14.9. The lowest BCUT2D eigenvalue weighted by atomic mass is 10.0. The average Bonchev–Trinajstić information content (AvgIpc) is 2.54. The van der Waals surface area contributed by atoms with Crippen LogP contribution in [-0.2, 0) is 11.2 Å². The summed E-state index contributed by atoms with van der Waals surface area (Å²) in [6.45, 7) is 4.25. The number of carbonyl (C=O) groups excluding carboxylic acids is 1. The zero-order valence-electron chi connectivity index (χ0n) is 14.9. The fourth-order valence-electron chi connectivity index (χ4n) is 2.86. The standard InChI is InChI=1S/C20H25FN2O2/c1-4-15-7-5-6-8-18(15)22-20(25)13-23(3)12-19(24)17-10-9-16(21)11-14(17)2/h5-11,19,24H,4,12-13H2,1-3H3,(H,22,25). The van der Waals surface area contributed by atoms with Crippen LogP contribution in [0.3, 0.4) is 0 Å². The molecule has 4 nitrogen and oxygen atoms in total. The third kappa shape index (κ3) is 5.37. The van der Waals surface area contributed by atoms with Crippen LogP contribution in [0.15, 0.2) is 42.5 Å². The van der Waals surface area contributed by atoms with Crippen LogP contribution in [0.5, 0.6) is 0 Å². The highest BCUT2D eigenvalue weighted by molar-refractivity contribution is 5.92. The predicted molar refractivity (Wildman–Crippen MR) is 98.0 cm³/mol. The van der Waals surface area contributed by atoms with E-state index in [1.165, 1.54) is 12.1 Å². The molecular weight excluding hydrogens is 319 g/mol. The molecule has 1 amide bonds. The number of hydrogen-bond donors (Lipinski definition) is 2. The quantitative estimate of drug-likeness (QED) is 0.810.